The van der Waals surface area contributed by atoms with Crippen LogP contribution >= 0.6 is 0 Å². The lowest BCUT2D eigenvalue weighted by atomic mass is 10.0. The number of rotatable bonds is 5. The maximum atomic E-state index is 5.79. The van der Waals surface area contributed by atoms with Crippen LogP contribution in [0.2, 0.25) is 0 Å². The third kappa shape index (κ3) is 3.10. The quantitative estimate of drug-likeness (QED) is 0.821. The molecule has 0 aliphatic rings. The van der Waals surface area contributed by atoms with Crippen LogP contribution in [0.3, 0.4) is 0 Å². The second kappa shape index (κ2) is 5.66. The van der Waals surface area contributed by atoms with Crippen LogP contribution in [0.25, 0.3) is 10.9 Å². The van der Waals surface area contributed by atoms with Crippen LogP contribution in [-0.2, 0) is 7.05 Å². The predicted octanol–water partition coefficient (Wildman–Crippen LogP) is 3.24. The van der Waals surface area contributed by atoms with Gasteiger partial charge in [-0.2, -0.15) is 0 Å². The molecule has 3 nitrogen and oxygen atoms in total. The van der Waals surface area contributed by atoms with Gasteiger partial charge < -0.3 is 14.2 Å². The van der Waals surface area contributed by atoms with Crippen molar-refractivity contribution in [3.8, 4) is 5.75 Å². The first-order valence-electron chi connectivity index (χ1n) is 6.85. The Kier molecular flexibility index (Phi) is 4.15. The number of fused-ring (bicyclic) bond motifs is 1. The maximum absolute atomic E-state index is 5.79. The zero-order chi connectivity index (χ0) is 14.0. The summed E-state index contributed by atoms with van der Waals surface area (Å²) in [6.45, 7) is 6.12. The van der Waals surface area contributed by atoms with Gasteiger partial charge in [0, 0.05) is 31.2 Å². The highest BCUT2D eigenvalue weighted by molar-refractivity contribution is 5.85. The van der Waals surface area contributed by atoms with Gasteiger partial charge in [-0.1, -0.05) is 13.8 Å². The summed E-state index contributed by atoms with van der Waals surface area (Å²) in [6, 6.07) is 6.39. The minimum Gasteiger partial charge on any atom is -0.492 e. The van der Waals surface area contributed by atoms with Crippen molar-refractivity contribution in [2.45, 2.75) is 19.8 Å². The summed E-state index contributed by atoms with van der Waals surface area (Å²) in [6.07, 6.45) is 2.22. The Morgan fingerprint density at radius 2 is 2.00 bits per heavy atom. The smallest absolute Gasteiger partial charge is 0.121 e. The Balaban J connectivity index is 2.23. The fourth-order valence-corrected chi connectivity index (χ4v) is 2.29. The van der Waals surface area contributed by atoms with E-state index in [1.54, 1.807) is 0 Å². The Hall–Kier alpha value is -1.48. The van der Waals surface area contributed by atoms with E-state index in [4.69, 9.17) is 4.74 Å². The molecule has 2 aromatic rings. The van der Waals surface area contributed by atoms with E-state index in [2.05, 4.69) is 68.9 Å². The fourth-order valence-electron chi connectivity index (χ4n) is 2.29. The fraction of sp³-hybridized carbons (Fsp3) is 0.500. The number of hydrogen-bond acceptors (Lipinski definition) is 2. The Labute approximate surface area is 115 Å². The first-order chi connectivity index (χ1) is 8.99. The Morgan fingerprint density at radius 3 is 2.63 bits per heavy atom. The van der Waals surface area contributed by atoms with Crippen LogP contribution in [0, 0.1) is 0 Å². The number of nitrogens with zero attached hydrogens (tertiary/aromatic N) is 2. The van der Waals surface area contributed by atoms with Crippen molar-refractivity contribution >= 4 is 10.9 Å². The summed E-state index contributed by atoms with van der Waals surface area (Å²) in [5, 5.41) is 1.33. The zero-order valence-electron chi connectivity index (χ0n) is 12.6. The van der Waals surface area contributed by atoms with Gasteiger partial charge in [-0.25, -0.2) is 0 Å². The second-order valence-corrected chi connectivity index (χ2v) is 5.68. The van der Waals surface area contributed by atoms with E-state index in [0.29, 0.717) is 5.92 Å². The van der Waals surface area contributed by atoms with Gasteiger partial charge in [-0.3, -0.25) is 0 Å². The van der Waals surface area contributed by atoms with Crippen LogP contribution in [0.5, 0.6) is 5.75 Å². The van der Waals surface area contributed by atoms with Gasteiger partial charge in [0.1, 0.15) is 12.4 Å². The van der Waals surface area contributed by atoms with Gasteiger partial charge in [-0.15, -0.1) is 0 Å². The molecule has 0 saturated heterocycles. The first-order valence-corrected chi connectivity index (χ1v) is 6.85. The lowest BCUT2D eigenvalue weighted by Gasteiger charge is -2.11. The van der Waals surface area contributed by atoms with Crippen molar-refractivity contribution < 1.29 is 4.74 Å². The highest BCUT2D eigenvalue weighted by atomic mass is 16.5. The normalized spacial score (nSPS) is 11.7. The van der Waals surface area contributed by atoms with E-state index in [9.17, 15) is 0 Å². The van der Waals surface area contributed by atoms with Gasteiger partial charge in [0.2, 0.25) is 0 Å². The summed E-state index contributed by atoms with van der Waals surface area (Å²) in [7, 11) is 6.20. The maximum Gasteiger partial charge on any atom is 0.121 e. The second-order valence-electron chi connectivity index (χ2n) is 5.68. The molecular formula is C16H24N2O. The molecule has 1 aromatic carbocycles. The number of ether oxygens (including phenoxy) is 1. The van der Waals surface area contributed by atoms with E-state index in [1.807, 2.05) is 0 Å². The number of hydrogen-bond donors (Lipinski definition) is 0. The molecule has 2 rings (SSSR count). The summed E-state index contributed by atoms with van der Waals surface area (Å²) < 4.78 is 7.98. The van der Waals surface area contributed by atoms with E-state index < -0.39 is 0 Å². The number of aromatic nitrogens is 1. The van der Waals surface area contributed by atoms with Gasteiger partial charge in [0.25, 0.3) is 0 Å². The molecule has 0 aliphatic carbocycles. The standard InChI is InChI=1S/C16H24N2O/c1-12(2)15-11-18(5)16-10-13(6-7-14(15)16)19-9-8-17(3)4/h6-7,10-12H,8-9H2,1-5H3. The van der Waals surface area contributed by atoms with Gasteiger partial charge in [-0.05, 0) is 37.7 Å². The molecule has 0 fully saturated rings. The summed E-state index contributed by atoms with van der Waals surface area (Å²) >= 11 is 0. The molecule has 0 spiro atoms. The molecule has 0 saturated carbocycles. The molecule has 0 aliphatic heterocycles. The number of benzene rings is 1. The SMILES string of the molecule is CC(C)c1cn(C)c2cc(OCCN(C)C)ccc12. The van der Waals surface area contributed by atoms with E-state index in [-0.39, 0.29) is 0 Å². The zero-order valence-corrected chi connectivity index (χ0v) is 12.6. The van der Waals surface area contributed by atoms with Crippen LogP contribution < -0.4 is 4.74 Å². The molecule has 0 unspecified atom stereocenters. The highest BCUT2D eigenvalue weighted by Gasteiger charge is 2.10. The van der Waals surface area contributed by atoms with Crippen molar-refractivity contribution in [1.29, 1.82) is 0 Å². The van der Waals surface area contributed by atoms with E-state index in [1.165, 1.54) is 16.5 Å². The van der Waals surface area contributed by atoms with Crippen molar-refractivity contribution in [3.63, 3.8) is 0 Å². The molecule has 104 valence electrons. The van der Waals surface area contributed by atoms with Crippen LogP contribution in [0.1, 0.15) is 25.3 Å². The third-order valence-electron chi connectivity index (χ3n) is 3.42. The highest BCUT2D eigenvalue weighted by Crippen LogP contribution is 2.29. The molecule has 1 aromatic heterocycles. The third-order valence-corrected chi connectivity index (χ3v) is 3.42. The summed E-state index contributed by atoms with van der Waals surface area (Å²) in [5.74, 6) is 1.50. The van der Waals surface area contributed by atoms with Gasteiger partial charge in [0.15, 0.2) is 0 Å². The van der Waals surface area contributed by atoms with Gasteiger partial charge in [0.05, 0.1) is 5.52 Å². The average Bonchev–Trinajstić information content (AvgIpc) is 2.66. The van der Waals surface area contributed by atoms with Crippen molar-refractivity contribution in [1.82, 2.24) is 9.47 Å². The van der Waals surface area contributed by atoms with Crippen molar-refractivity contribution in [2.24, 2.45) is 7.05 Å². The minimum atomic E-state index is 0.546. The van der Waals surface area contributed by atoms with Gasteiger partial charge >= 0.3 is 0 Å². The molecule has 0 N–H and O–H groups in total. The Bertz CT molecular complexity index is 555. The largest absolute Gasteiger partial charge is 0.492 e. The molecule has 1 heterocycles. The number of aryl methyl sites for hydroxylation is 1. The Morgan fingerprint density at radius 1 is 1.26 bits per heavy atom. The topological polar surface area (TPSA) is 17.4 Å². The van der Waals surface area contributed by atoms with E-state index in [0.717, 1.165) is 18.9 Å². The minimum absolute atomic E-state index is 0.546. The molecule has 3 heteroatoms. The van der Waals surface area contributed by atoms with Crippen molar-refractivity contribution in [2.75, 3.05) is 27.2 Å². The average molecular weight is 260 g/mol. The lowest BCUT2D eigenvalue weighted by Crippen LogP contribution is -2.19. The van der Waals surface area contributed by atoms with Crippen molar-refractivity contribution in [3.05, 3.63) is 30.0 Å². The monoisotopic (exact) mass is 260 g/mol. The lowest BCUT2D eigenvalue weighted by molar-refractivity contribution is 0.261. The summed E-state index contributed by atoms with van der Waals surface area (Å²) in [5.41, 5.74) is 2.64. The molecule has 0 amide bonds. The summed E-state index contributed by atoms with van der Waals surface area (Å²) in [4.78, 5) is 2.12. The molecule has 19 heavy (non-hydrogen) atoms. The molecular weight excluding hydrogens is 236 g/mol. The van der Waals surface area contributed by atoms with Crippen LogP contribution in [0.15, 0.2) is 24.4 Å². The first kappa shape index (κ1) is 13.9. The molecule has 0 bridgehead atoms. The predicted molar refractivity (Wildman–Crippen MR) is 81.1 cm³/mol. The van der Waals surface area contributed by atoms with Crippen LogP contribution in [0.4, 0.5) is 0 Å². The van der Waals surface area contributed by atoms with E-state index >= 15 is 0 Å². The number of likely N-dealkylation sites (N-methyl/N-ethyl adjacent to an activating group) is 1. The van der Waals surface area contributed by atoms with Crippen LogP contribution in [-0.4, -0.2) is 36.7 Å². The molecule has 0 radical (unpaired) electrons. The molecule has 0 atom stereocenters.